The van der Waals surface area contributed by atoms with E-state index in [4.69, 9.17) is 11.5 Å². The van der Waals surface area contributed by atoms with E-state index in [0.29, 0.717) is 0 Å². The number of hydrogen-bond donors (Lipinski definition) is 4. The molecule has 2 heterocycles. The maximum absolute atomic E-state index is 13.2. The molecule has 162 valence electrons. The first-order valence-corrected chi connectivity index (χ1v) is 10.6. The summed E-state index contributed by atoms with van der Waals surface area (Å²) >= 11 is 0. The van der Waals surface area contributed by atoms with E-state index in [1.165, 1.54) is 0 Å². The highest BCUT2D eigenvalue weighted by atomic mass is 16.2. The van der Waals surface area contributed by atoms with Crippen LogP contribution in [0, 0.1) is 17.3 Å². The minimum absolute atomic E-state index is 0.00144. The highest BCUT2D eigenvalue weighted by molar-refractivity contribution is 5.88. The van der Waals surface area contributed by atoms with Gasteiger partial charge in [-0.3, -0.25) is 9.59 Å². The van der Waals surface area contributed by atoms with Gasteiger partial charge in [0.2, 0.25) is 11.8 Å². The van der Waals surface area contributed by atoms with Crippen molar-refractivity contribution in [1.29, 1.82) is 0 Å². The maximum Gasteiger partial charge on any atom is 0.224 e. The number of carbonyl (C=O) groups excluding carboxylic acids is 2. The van der Waals surface area contributed by atoms with Crippen molar-refractivity contribution in [2.75, 3.05) is 0 Å². The number of primary amides is 2. The van der Waals surface area contributed by atoms with Gasteiger partial charge < -0.3 is 22.1 Å². The van der Waals surface area contributed by atoms with E-state index in [1.54, 1.807) is 0 Å². The van der Waals surface area contributed by atoms with Crippen LogP contribution in [-0.2, 0) is 9.59 Å². The molecular formula is C22H42N4O2. The summed E-state index contributed by atoms with van der Waals surface area (Å²) in [4.78, 5) is 25.4. The molecule has 6 N–H and O–H groups in total. The van der Waals surface area contributed by atoms with Gasteiger partial charge in [0.05, 0.1) is 5.41 Å². The average molecular weight is 395 g/mol. The zero-order valence-electron chi connectivity index (χ0n) is 19.2. The smallest absolute Gasteiger partial charge is 0.224 e. The van der Waals surface area contributed by atoms with Crippen molar-refractivity contribution in [3.8, 4) is 0 Å². The molecule has 6 nitrogen and oxygen atoms in total. The highest BCUT2D eigenvalue weighted by Crippen LogP contribution is 2.54. The van der Waals surface area contributed by atoms with Crippen LogP contribution in [0.25, 0.3) is 0 Å². The van der Waals surface area contributed by atoms with Crippen molar-refractivity contribution in [2.45, 2.75) is 110 Å². The van der Waals surface area contributed by atoms with Crippen LogP contribution in [0.15, 0.2) is 0 Å². The van der Waals surface area contributed by atoms with Crippen molar-refractivity contribution < 1.29 is 9.59 Å². The fourth-order valence-electron chi connectivity index (χ4n) is 6.77. The van der Waals surface area contributed by atoms with Crippen molar-refractivity contribution in [1.82, 2.24) is 10.6 Å². The van der Waals surface area contributed by atoms with E-state index in [1.807, 2.05) is 0 Å². The second-order valence-corrected chi connectivity index (χ2v) is 12.0. The summed E-state index contributed by atoms with van der Waals surface area (Å²) in [5.74, 6) is -0.817. The van der Waals surface area contributed by atoms with Gasteiger partial charge in [-0.05, 0) is 92.9 Å². The molecule has 2 amide bonds. The van der Waals surface area contributed by atoms with Crippen LogP contribution in [0.5, 0.6) is 0 Å². The molecule has 0 aromatic heterocycles. The Labute approximate surface area is 170 Å². The minimum atomic E-state index is -0.931. The Morgan fingerprint density at radius 2 is 1.04 bits per heavy atom. The first-order valence-electron chi connectivity index (χ1n) is 10.6. The van der Waals surface area contributed by atoms with Crippen LogP contribution < -0.4 is 22.1 Å². The molecular weight excluding hydrogens is 352 g/mol. The molecule has 6 heteroatoms. The quantitative estimate of drug-likeness (QED) is 0.574. The molecule has 0 bridgehead atoms. The normalized spacial score (nSPS) is 27.3. The summed E-state index contributed by atoms with van der Waals surface area (Å²) in [7, 11) is 0. The molecule has 0 saturated carbocycles. The second kappa shape index (κ2) is 6.98. The Kier molecular flexibility index (Phi) is 5.77. The van der Waals surface area contributed by atoms with Gasteiger partial charge in [0.25, 0.3) is 0 Å². The van der Waals surface area contributed by atoms with Crippen molar-refractivity contribution in [2.24, 2.45) is 28.7 Å². The zero-order chi connectivity index (χ0) is 21.8. The third-order valence-corrected chi connectivity index (χ3v) is 6.76. The van der Waals surface area contributed by atoms with E-state index in [-0.39, 0.29) is 46.3 Å². The minimum Gasteiger partial charge on any atom is -0.370 e. The van der Waals surface area contributed by atoms with Crippen molar-refractivity contribution in [3.05, 3.63) is 0 Å². The number of rotatable bonds is 5. The van der Waals surface area contributed by atoms with Gasteiger partial charge in [-0.15, -0.1) is 0 Å². The van der Waals surface area contributed by atoms with Crippen molar-refractivity contribution in [3.63, 3.8) is 0 Å². The van der Waals surface area contributed by atoms with E-state index < -0.39 is 11.3 Å². The molecule has 28 heavy (non-hydrogen) atoms. The molecule has 2 rings (SSSR count). The van der Waals surface area contributed by atoms with Gasteiger partial charge in [0.1, 0.15) is 0 Å². The van der Waals surface area contributed by atoms with Gasteiger partial charge in [-0.2, -0.15) is 0 Å². The number of nitrogens with two attached hydrogens (primary N) is 2. The Morgan fingerprint density at radius 3 is 1.25 bits per heavy atom. The second-order valence-electron chi connectivity index (χ2n) is 12.0. The van der Waals surface area contributed by atoms with Gasteiger partial charge in [0.15, 0.2) is 0 Å². The standard InChI is InChI=1S/C22H42N4O2/c1-18(2)9-14(10-19(3,4)25-18)22(17(24)28,13-16(23)27)15-11-20(5,6)26-21(7,8)12-15/h14-15,25-26H,9-13H2,1-8H3,(H2,23,27)(H2,24,28). The van der Waals surface area contributed by atoms with E-state index in [9.17, 15) is 9.59 Å². The third kappa shape index (κ3) is 4.88. The summed E-state index contributed by atoms with van der Waals surface area (Å²) in [6.07, 6.45) is 3.18. The summed E-state index contributed by atoms with van der Waals surface area (Å²) in [6, 6.07) is 0. The van der Waals surface area contributed by atoms with Crippen molar-refractivity contribution >= 4 is 11.8 Å². The summed E-state index contributed by atoms with van der Waals surface area (Å²) < 4.78 is 0. The van der Waals surface area contributed by atoms with E-state index >= 15 is 0 Å². The predicted molar refractivity (Wildman–Crippen MR) is 113 cm³/mol. The molecule has 0 aliphatic carbocycles. The van der Waals surface area contributed by atoms with Crippen LogP contribution >= 0.6 is 0 Å². The number of amides is 2. The highest BCUT2D eigenvalue weighted by Gasteiger charge is 2.58. The summed E-state index contributed by atoms with van der Waals surface area (Å²) in [6.45, 7) is 17.3. The first-order chi connectivity index (χ1) is 12.4. The summed E-state index contributed by atoms with van der Waals surface area (Å²) in [5, 5.41) is 7.36. The molecule has 2 aliphatic rings. The van der Waals surface area contributed by atoms with E-state index in [0.717, 1.165) is 25.7 Å². The van der Waals surface area contributed by atoms with E-state index in [2.05, 4.69) is 66.0 Å². The molecule has 2 aliphatic heterocycles. The number of hydrogen-bond acceptors (Lipinski definition) is 4. The maximum atomic E-state index is 13.2. The lowest BCUT2D eigenvalue weighted by Gasteiger charge is -2.57. The molecule has 2 fully saturated rings. The number of carbonyl (C=O) groups is 2. The molecule has 0 atom stereocenters. The van der Waals surface area contributed by atoms with Crippen LogP contribution in [0.2, 0.25) is 0 Å². The largest absolute Gasteiger partial charge is 0.370 e. The summed E-state index contributed by atoms with van der Waals surface area (Å²) in [5.41, 5.74) is 10.3. The Morgan fingerprint density at radius 1 is 0.750 bits per heavy atom. The van der Waals surface area contributed by atoms with Crippen LogP contribution in [-0.4, -0.2) is 34.0 Å². The van der Waals surface area contributed by atoms with Crippen LogP contribution in [0.1, 0.15) is 87.5 Å². The molecule has 0 radical (unpaired) electrons. The lowest BCUT2D eigenvalue weighted by molar-refractivity contribution is -0.148. The van der Waals surface area contributed by atoms with Gasteiger partial charge in [0, 0.05) is 28.6 Å². The Hall–Kier alpha value is -1.14. The first kappa shape index (κ1) is 23.1. The van der Waals surface area contributed by atoms with Gasteiger partial charge in [-0.25, -0.2) is 0 Å². The monoisotopic (exact) mass is 394 g/mol. The molecule has 0 aromatic rings. The molecule has 0 spiro atoms. The average Bonchev–Trinajstić information content (AvgIpc) is 2.36. The Balaban J connectivity index is 2.60. The molecule has 0 aromatic carbocycles. The number of nitrogens with one attached hydrogen (secondary N) is 2. The molecule has 0 unspecified atom stereocenters. The fraction of sp³-hybridized carbons (Fsp3) is 0.909. The van der Waals surface area contributed by atoms with Crippen LogP contribution in [0.4, 0.5) is 0 Å². The van der Waals surface area contributed by atoms with Gasteiger partial charge in [-0.1, -0.05) is 0 Å². The predicted octanol–water partition coefficient (Wildman–Crippen LogP) is 2.45. The topological polar surface area (TPSA) is 110 Å². The lowest BCUT2D eigenvalue weighted by atomic mass is 9.52. The number of piperidine rings is 2. The fourth-order valence-corrected chi connectivity index (χ4v) is 6.77. The van der Waals surface area contributed by atoms with Gasteiger partial charge >= 0.3 is 0 Å². The zero-order valence-corrected chi connectivity index (χ0v) is 19.2. The Bertz CT molecular complexity index is 566. The van der Waals surface area contributed by atoms with Crippen LogP contribution in [0.3, 0.4) is 0 Å². The third-order valence-electron chi connectivity index (χ3n) is 6.76. The SMILES string of the molecule is CC1(C)CC(C(CC(N)=O)(C(N)=O)C2CC(C)(C)NC(C)(C)C2)CC(C)(C)N1. The lowest BCUT2D eigenvalue weighted by Crippen LogP contribution is -2.66. The molecule has 2 saturated heterocycles.